The first-order chi connectivity index (χ1) is 17.5. The van der Waals surface area contributed by atoms with E-state index < -0.39 is 0 Å². The second kappa shape index (κ2) is 10.7. The molecule has 6 nitrogen and oxygen atoms in total. The monoisotopic (exact) mass is 502 g/mol. The van der Waals surface area contributed by atoms with E-state index in [1.165, 1.54) is 16.8 Å². The molecule has 1 fully saturated rings. The summed E-state index contributed by atoms with van der Waals surface area (Å²) in [4.78, 5) is 17.7. The molecule has 2 heterocycles. The van der Waals surface area contributed by atoms with Crippen molar-refractivity contribution in [3.8, 4) is 11.3 Å². The van der Waals surface area contributed by atoms with Gasteiger partial charge < -0.3 is 14.7 Å². The van der Waals surface area contributed by atoms with Gasteiger partial charge in [-0.3, -0.25) is 9.69 Å². The van der Waals surface area contributed by atoms with E-state index in [2.05, 4.69) is 39.3 Å². The standard InChI is InChI=1S/C29H31ClN4O2/c1-20-4-7-22(8-5-20)28-25-18-23(9-11-26(25)32-36-28)29(35)31-12-3-13-33-14-16-34(17-15-33)27-19-24(30)10-6-21(27)2/h4-11,18-19H,3,12-17H2,1-2H3,(H,31,35). The molecule has 1 aliphatic rings. The van der Waals surface area contributed by atoms with Crippen LogP contribution in [0.2, 0.25) is 5.02 Å². The normalized spacial score (nSPS) is 14.4. The van der Waals surface area contributed by atoms with Gasteiger partial charge in [0.2, 0.25) is 0 Å². The van der Waals surface area contributed by atoms with Crippen molar-refractivity contribution in [1.29, 1.82) is 0 Å². The lowest BCUT2D eigenvalue weighted by Crippen LogP contribution is -2.47. The molecule has 0 saturated carbocycles. The predicted molar refractivity (Wildman–Crippen MR) is 146 cm³/mol. The van der Waals surface area contributed by atoms with Crippen molar-refractivity contribution in [3.63, 3.8) is 0 Å². The molecule has 0 bridgehead atoms. The van der Waals surface area contributed by atoms with E-state index in [-0.39, 0.29) is 5.91 Å². The fraction of sp³-hybridized carbons (Fsp3) is 0.310. The molecule has 1 aromatic heterocycles. The van der Waals surface area contributed by atoms with Gasteiger partial charge in [-0.15, -0.1) is 0 Å². The average molecular weight is 503 g/mol. The summed E-state index contributed by atoms with van der Waals surface area (Å²) in [6.07, 6.45) is 0.909. The SMILES string of the molecule is Cc1ccc(-c2onc3ccc(C(=O)NCCCN4CCN(c5cc(Cl)ccc5C)CC4)cc23)cc1. The predicted octanol–water partition coefficient (Wildman–Crippen LogP) is 5.71. The summed E-state index contributed by atoms with van der Waals surface area (Å²) in [5.74, 6) is 0.612. The van der Waals surface area contributed by atoms with Gasteiger partial charge in [0, 0.05) is 54.6 Å². The number of carbonyl (C=O) groups is 1. The Morgan fingerprint density at radius 3 is 2.56 bits per heavy atom. The van der Waals surface area contributed by atoms with Gasteiger partial charge in [-0.05, 0) is 62.7 Å². The van der Waals surface area contributed by atoms with Crippen LogP contribution >= 0.6 is 11.6 Å². The van der Waals surface area contributed by atoms with Crippen LogP contribution in [0.25, 0.3) is 22.2 Å². The maximum atomic E-state index is 12.8. The largest absolute Gasteiger partial charge is 0.369 e. The zero-order chi connectivity index (χ0) is 25.1. The Morgan fingerprint density at radius 1 is 1.00 bits per heavy atom. The molecule has 186 valence electrons. The second-order valence-corrected chi connectivity index (χ2v) is 9.92. The number of aryl methyl sites for hydroxylation is 2. The Kier molecular flexibility index (Phi) is 7.25. The number of fused-ring (bicyclic) bond motifs is 1. The van der Waals surface area contributed by atoms with Gasteiger partial charge in [0.25, 0.3) is 5.91 Å². The molecule has 0 aliphatic carbocycles. The number of nitrogens with one attached hydrogen (secondary N) is 1. The number of benzene rings is 3. The zero-order valence-corrected chi connectivity index (χ0v) is 21.5. The lowest BCUT2D eigenvalue weighted by Gasteiger charge is -2.37. The van der Waals surface area contributed by atoms with Crippen LogP contribution in [0.1, 0.15) is 27.9 Å². The lowest BCUT2D eigenvalue weighted by atomic mass is 10.0. The van der Waals surface area contributed by atoms with E-state index in [9.17, 15) is 4.79 Å². The number of aromatic nitrogens is 1. The Balaban J connectivity index is 1.12. The highest BCUT2D eigenvalue weighted by atomic mass is 35.5. The minimum Gasteiger partial charge on any atom is -0.369 e. The Labute approximate surface area is 216 Å². The number of nitrogens with zero attached hydrogens (tertiary/aromatic N) is 3. The molecule has 1 saturated heterocycles. The van der Waals surface area contributed by atoms with Crippen molar-refractivity contribution in [2.45, 2.75) is 20.3 Å². The van der Waals surface area contributed by atoms with E-state index in [4.69, 9.17) is 16.1 Å². The number of piperazine rings is 1. The zero-order valence-electron chi connectivity index (χ0n) is 20.8. The smallest absolute Gasteiger partial charge is 0.251 e. The third-order valence-electron chi connectivity index (χ3n) is 6.87. The molecule has 7 heteroatoms. The third-order valence-corrected chi connectivity index (χ3v) is 7.11. The summed E-state index contributed by atoms with van der Waals surface area (Å²) < 4.78 is 5.59. The molecule has 3 aromatic carbocycles. The summed E-state index contributed by atoms with van der Waals surface area (Å²) in [5, 5.41) is 8.85. The van der Waals surface area contributed by atoms with Crippen molar-refractivity contribution in [1.82, 2.24) is 15.4 Å². The number of rotatable bonds is 7. The van der Waals surface area contributed by atoms with Crippen LogP contribution in [0.5, 0.6) is 0 Å². The quantitative estimate of drug-likeness (QED) is 0.328. The van der Waals surface area contributed by atoms with Crippen LogP contribution in [0, 0.1) is 13.8 Å². The highest BCUT2D eigenvalue weighted by Crippen LogP contribution is 2.30. The topological polar surface area (TPSA) is 61.6 Å². The van der Waals surface area contributed by atoms with E-state index in [1.54, 1.807) is 6.07 Å². The summed E-state index contributed by atoms with van der Waals surface area (Å²) in [7, 11) is 0. The summed E-state index contributed by atoms with van der Waals surface area (Å²) in [6, 6.07) is 19.7. The van der Waals surface area contributed by atoms with Gasteiger partial charge >= 0.3 is 0 Å². The molecule has 1 amide bonds. The fourth-order valence-electron chi connectivity index (χ4n) is 4.74. The maximum absolute atomic E-state index is 12.8. The first kappa shape index (κ1) is 24.3. The van der Waals surface area contributed by atoms with Crippen LogP contribution in [-0.4, -0.2) is 55.2 Å². The van der Waals surface area contributed by atoms with E-state index in [1.807, 2.05) is 49.4 Å². The van der Waals surface area contributed by atoms with Crippen LogP contribution in [0.15, 0.2) is 65.2 Å². The fourth-order valence-corrected chi connectivity index (χ4v) is 4.90. The van der Waals surface area contributed by atoms with Crippen molar-refractivity contribution in [2.24, 2.45) is 0 Å². The van der Waals surface area contributed by atoms with Crippen molar-refractivity contribution in [3.05, 3.63) is 82.4 Å². The summed E-state index contributed by atoms with van der Waals surface area (Å²) in [6.45, 7) is 9.75. The average Bonchev–Trinajstić information content (AvgIpc) is 3.32. The Hall–Kier alpha value is -3.35. The van der Waals surface area contributed by atoms with Gasteiger partial charge in [0.15, 0.2) is 5.76 Å². The molecule has 0 spiro atoms. The highest BCUT2D eigenvalue weighted by Gasteiger charge is 2.19. The van der Waals surface area contributed by atoms with Crippen LogP contribution in [0.4, 0.5) is 5.69 Å². The van der Waals surface area contributed by atoms with E-state index >= 15 is 0 Å². The van der Waals surface area contributed by atoms with Crippen molar-refractivity contribution in [2.75, 3.05) is 44.2 Å². The first-order valence-electron chi connectivity index (χ1n) is 12.5. The van der Waals surface area contributed by atoms with Crippen LogP contribution in [-0.2, 0) is 0 Å². The molecular formula is C29H31ClN4O2. The third kappa shape index (κ3) is 5.40. The minimum absolute atomic E-state index is 0.0748. The number of hydrogen-bond donors (Lipinski definition) is 1. The second-order valence-electron chi connectivity index (χ2n) is 9.48. The maximum Gasteiger partial charge on any atom is 0.251 e. The van der Waals surface area contributed by atoms with Gasteiger partial charge in [-0.2, -0.15) is 0 Å². The first-order valence-corrected chi connectivity index (χ1v) is 12.8. The van der Waals surface area contributed by atoms with Crippen LogP contribution < -0.4 is 10.2 Å². The Bertz CT molecular complexity index is 1360. The van der Waals surface area contributed by atoms with E-state index in [0.717, 1.165) is 60.6 Å². The molecule has 1 aliphatic heterocycles. The number of anilines is 1. The number of carbonyl (C=O) groups excluding carboxylic acids is 1. The van der Waals surface area contributed by atoms with Crippen molar-refractivity contribution >= 4 is 34.1 Å². The highest BCUT2D eigenvalue weighted by molar-refractivity contribution is 6.30. The van der Waals surface area contributed by atoms with E-state index in [0.29, 0.717) is 17.9 Å². The summed E-state index contributed by atoms with van der Waals surface area (Å²) in [5.41, 5.74) is 5.97. The van der Waals surface area contributed by atoms with Crippen molar-refractivity contribution < 1.29 is 9.32 Å². The lowest BCUT2D eigenvalue weighted by molar-refractivity contribution is 0.0951. The Morgan fingerprint density at radius 2 is 1.78 bits per heavy atom. The van der Waals surface area contributed by atoms with Gasteiger partial charge in [0.1, 0.15) is 5.52 Å². The number of halogens is 1. The molecular weight excluding hydrogens is 472 g/mol. The molecule has 36 heavy (non-hydrogen) atoms. The molecule has 0 atom stereocenters. The van der Waals surface area contributed by atoms with Gasteiger partial charge in [-0.1, -0.05) is 52.7 Å². The van der Waals surface area contributed by atoms with Crippen LogP contribution in [0.3, 0.4) is 0 Å². The molecule has 0 radical (unpaired) electrons. The number of hydrogen-bond acceptors (Lipinski definition) is 5. The molecule has 5 rings (SSSR count). The number of amides is 1. The molecule has 0 unspecified atom stereocenters. The summed E-state index contributed by atoms with van der Waals surface area (Å²) >= 11 is 6.20. The van der Waals surface area contributed by atoms with Gasteiger partial charge in [0.05, 0.1) is 5.39 Å². The minimum atomic E-state index is -0.0748. The van der Waals surface area contributed by atoms with Gasteiger partial charge in [-0.25, -0.2) is 0 Å². The molecule has 4 aromatic rings. The molecule has 1 N–H and O–H groups in total.